The lowest BCUT2D eigenvalue weighted by molar-refractivity contribution is 0.0697. The molecule has 0 aliphatic heterocycles. The summed E-state index contributed by atoms with van der Waals surface area (Å²) in [6.45, 7) is 0. The van der Waals surface area contributed by atoms with Crippen molar-refractivity contribution in [1.82, 2.24) is 0 Å². The molecule has 0 amide bonds. The number of halogens is 2. The van der Waals surface area contributed by atoms with Crippen molar-refractivity contribution < 1.29 is 28.8 Å². The number of hydrogen-bond donors (Lipinski definition) is 2. The predicted octanol–water partition coefficient (Wildman–Crippen LogP) is 3.98. The average Bonchev–Trinajstić information content (AvgIpc) is 2.60. The summed E-state index contributed by atoms with van der Waals surface area (Å²) < 4.78 is 23.5. The Hall–Kier alpha value is -1.56. The molecule has 0 fully saturated rings. The van der Waals surface area contributed by atoms with E-state index in [-0.39, 0.29) is 27.3 Å². The van der Waals surface area contributed by atoms with Crippen LogP contribution >= 0.6 is 30.6 Å². The Kier molecular flexibility index (Phi) is 6.72. The second-order valence-corrected chi connectivity index (χ2v) is 8.83. The number of hydrogen-bond acceptors (Lipinski definition) is 5. The molecule has 2 aromatic rings. The number of methoxy groups -OCH3 is 1. The van der Waals surface area contributed by atoms with Gasteiger partial charge in [0.1, 0.15) is 5.75 Å². The van der Waals surface area contributed by atoms with Crippen LogP contribution in [0.2, 0.25) is 10.0 Å². The maximum Gasteiger partial charge on any atom is 0.338 e. The first-order chi connectivity index (χ1) is 12.2. The molecule has 2 N–H and O–H groups in total. The van der Waals surface area contributed by atoms with Crippen molar-refractivity contribution in [2.75, 3.05) is 20.4 Å². The van der Waals surface area contributed by atoms with Crippen molar-refractivity contribution in [3.05, 3.63) is 57.6 Å². The first-order valence-electron chi connectivity index (χ1n) is 7.41. The minimum Gasteiger partial charge on any atom is -0.497 e. The molecule has 6 nitrogen and oxygen atoms in total. The van der Waals surface area contributed by atoms with E-state index < -0.39 is 19.4 Å². The molecule has 0 aromatic heterocycles. The summed E-state index contributed by atoms with van der Waals surface area (Å²) in [4.78, 5) is 11.1. The molecule has 0 aliphatic carbocycles. The maximum absolute atomic E-state index is 13.2. The highest BCUT2D eigenvalue weighted by atomic mass is 35.5. The SMILES string of the molecule is COc1cccc(P(=O)(CC(O)c2cc(Cl)c(C(=O)O)c(Cl)c2)OC)c1. The second kappa shape index (κ2) is 8.42. The third-order valence-electron chi connectivity index (χ3n) is 3.82. The van der Waals surface area contributed by atoms with Gasteiger partial charge in [0.25, 0.3) is 0 Å². The summed E-state index contributed by atoms with van der Waals surface area (Å²) in [5.74, 6) is -0.772. The minimum absolute atomic E-state index is 0.118. The van der Waals surface area contributed by atoms with Crippen LogP contribution in [0.25, 0.3) is 0 Å². The molecular formula is C17H17Cl2O6P. The van der Waals surface area contributed by atoms with Gasteiger partial charge in [-0.2, -0.15) is 0 Å². The zero-order chi connectivity index (χ0) is 19.5. The number of carboxylic acids is 1. The van der Waals surface area contributed by atoms with Crippen LogP contribution in [0.4, 0.5) is 0 Å². The Morgan fingerprint density at radius 1 is 1.19 bits per heavy atom. The zero-order valence-electron chi connectivity index (χ0n) is 14.0. The molecule has 0 bridgehead atoms. The van der Waals surface area contributed by atoms with E-state index >= 15 is 0 Å². The highest BCUT2D eigenvalue weighted by Crippen LogP contribution is 2.48. The number of aliphatic hydroxyl groups excluding tert-OH is 1. The smallest absolute Gasteiger partial charge is 0.338 e. The fraction of sp³-hybridized carbons (Fsp3) is 0.235. The van der Waals surface area contributed by atoms with E-state index in [1.807, 2.05) is 0 Å². The number of ether oxygens (including phenoxy) is 1. The van der Waals surface area contributed by atoms with Gasteiger partial charge in [-0.1, -0.05) is 29.3 Å². The zero-order valence-corrected chi connectivity index (χ0v) is 16.4. The van der Waals surface area contributed by atoms with Crippen molar-refractivity contribution >= 4 is 41.8 Å². The monoisotopic (exact) mass is 418 g/mol. The Balaban J connectivity index is 2.36. The topological polar surface area (TPSA) is 93.1 Å². The number of aliphatic hydroxyl groups is 1. The summed E-state index contributed by atoms with van der Waals surface area (Å²) in [5.41, 5.74) is -0.0165. The van der Waals surface area contributed by atoms with Gasteiger partial charge in [-0.3, -0.25) is 4.57 Å². The molecule has 2 aromatic carbocycles. The van der Waals surface area contributed by atoms with Crippen LogP contribution < -0.4 is 10.0 Å². The van der Waals surface area contributed by atoms with Crippen LogP contribution in [-0.2, 0) is 9.09 Å². The highest BCUT2D eigenvalue weighted by molar-refractivity contribution is 7.67. The maximum atomic E-state index is 13.2. The van der Waals surface area contributed by atoms with Gasteiger partial charge >= 0.3 is 5.97 Å². The standard InChI is InChI=1S/C17H17Cl2O6P/c1-24-11-4-3-5-12(8-11)26(23,25-2)9-15(20)10-6-13(18)16(17(21)22)14(19)7-10/h3-8,15,20H,9H2,1-2H3,(H,21,22). The van der Waals surface area contributed by atoms with E-state index in [0.29, 0.717) is 11.1 Å². The van der Waals surface area contributed by atoms with E-state index in [9.17, 15) is 14.5 Å². The summed E-state index contributed by atoms with van der Waals surface area (Å²) in [5, 5.41) is 19.7. The number of carboxylic acid groups (broad SMARTS) is 1. The molecule has 9 heteroatoms. The first-order valence-corrected chi connectivity index (χ1v) is 9.98. The Bertz CT molecular complexity index is 847. The lowest BCUT2D eigenvalue weighted by Crippen LogP contribution is -2.15. The molecule has 140 valence electrons. The van der Waals surface area contributed by atoms with Gasteiger partial charge in [0.05, 0.1) is 35.0 Å². The van der Waals surface area contributed by atoms with Crippen molar-refractivity contribution in [2.45, 2.75) is 6.10 Å². The van der Waals surface area contributed by atoms with Gasteiger partial charge in [0, 0.05) is 12.4 Å². The molecule has 0 aliphatic rings. The number of rotatable bonds is 7. The largest absolute Gasteiger partial charge is 0.497 e. The molecule has 0 radical (unpaired) electrons. The molecule has 2 unspecified atom stereocenters. The van der Waals surface area contributed by atoms with E-state index in [1.165, 1.54) is 26.4 Å². The van der Waals surface area contributed by atoms with E-state index in [4.69, 9.17) is 37.6 Å². The highest BCUT2D eigenvalue weighted by Gasteiger charge is 2.30. The molecule has 2 rings (SSSR count). The fourth-order valence-electron chi connectivity index (χ4n) is 2.43. The first kappa shape index (κ1) is 20.7. The van der Waals surface area contributed by atoms with Crippen LogP contribution in [0, 0.1) is 0 Å². The van der Waals surface area contributed by atoms with Gasteiger partial charge in [0.2, 0.25) is 7.37 Å². The number of carbonyl (C=O) groups is 1. The molecule has 2 atom stereocenters. The molecule has 0 saturated carbocycles. The quantitative estimate of drug-likeness (QED) is 0.660. The molecule has 26 heavy (non-hydrogen) atoms. The van der Waals surface area contributed by atoms with Gasteiger partial charge < -0.3 is 19.5 Å². The summed E-state index contributed by atoms with van der Waals surface area (Å²) in [6.07, 6.45) is -1.47. The third kappa shape index (κ3) is 4.40. The van der Waals surface area contributed by atoms with Crippen LogP contribution in [0.1, 0.15) is 22.0 Å². The minimum atomic E-state index is -3.41. The second-order valence-electron chi connectivity index (χ2n) is 5.42. The lowest BCUT2D eigenvalue weighted by Gasteiger charge is -2.21. The number of benzene rings is 2. The summed E-state index contributed by atoms with van der Waals surface area (Å²) >= 11 is 11.9. The fourth-order valence-corrected chi connectivity index (χ4v) is 4.97. The van der Waals surface area contributed by atoms with Crippen LogP contribution in [-0.4, -0.2) is 36.6 Å². The number of aromatic carboxylic acids is 1. The molecule has 0 heterocycles. The molecule has 0 saturated heterocycles. The summed E-state index contributed by atoms with van der Waals surface area (Å²) in [7, 11) is -0.630. The Labute approximate surface area is 160 Å². The van der Waals surface area contributed by atoms with E-state index in [0.717, 1.165) is 0 Å². The van der Waals surface area contributed by atoms with Gasteiger partial charge in [0.15, 0.2) is 0 Å². The van der Waals surface area contributed by atoms with Crippen molar-refractivity contribution in [3.8, 4) is 5.75 Å². The van der Waals surface area contributed by atoms with Crippen LogP contribution in [0.5, 0.6) is 5.75 Å². The Morgan fingerprint density at radius 2 is 1.81 bits per heavy atom. The normalized spacial score (nSPS) is 14.5. The summed E-state index contributed by atoms with van der Waals surface area (Å²) in [6, 6.07) is 9.13. The molecular weight excluding hydrogens is 402 g/mol. The van der Waals surface area contributed by atoms with E-state index in [2.05, 4.69) is 0 Å². The predicted molar refractivity (Wildman–Crippen MR) is 100 cm³/mol. The van der Waals surface area contributed by atoms with Gasteiger partial charge in [-0.05, 0) is 35.9 Å². The Morgan fingerprint density at radius 3 is 2.31 bits per heavy atom. The van der Waals surface area contributed by atoms with E-state index in [1.54, 1.807) is 24.3 Å². The molecule has 0 spiro atoms. The van der Waals surface area contributed by atoms with Gasteiger partial charge in [-0.25, -0.2) is 4.79 Å². The van der Waals surface area contributed by atoms with Gasteiger partial charge in [-0.15, -0.1) is 0 Å². The lowest BCUT2D eigenvalue weighted by atomic mass is 10.1. The third-order valence-corrected chi connectivity index (χ3v) is 6.90. The van der Waals surface area contributed by atoms with Crippen molar-refractivity contribution in [2.24, 2.45) is 0 Å². The van der Waals surface area contributed by atoms with Crippen molar-refractivity contribution in [3.63, 3.8) is 0 Å². The average molecular weight is 419 g/mol. The van der Waals surface area contributed by atoms with Crippen LogP contribution in [0.15, 0.2) is 36.4 Å². The van der Waals surface area contributed by atoms with Crippen molar-refractivity contribution in [1.29, 1.82) is 0 Å². The van der Waals surface area contributed by atoms with Crippen LogP contribution in [0.3, 0.4) is 0 Å².